The van der Waals surface area contributed by atoms with E-state index in [1.54, 1.807) is 0 Å². The van der Waals surface area contributed by atoms with Crippen LogP contribution in [0.5, 0.6) is 0 Å². The molecule has 80 valence electrons. The Kier molecular flexibility index (Phi) is 31.7. The molecule has 13 heavy (non-hydrogen) atoms. The summed E-state index contributed by atoms with van der Waals surface area (Å²) >= 11 is 0. The molecule has 0 bridgehead atoms. The van der Waals surface area contributed by atoms with Crippen LogP contribution in [0.3, 0.4) is 0 Å². The maximum absolute atomic E-state index is 8.12. The Morgan fingerprint density at radius 3 is 1.54 bits per heavy atom. The highest BCUT2D eigenvalue weighted by Crippen LogP contribution is 2.03. The normalized spacial score (nSPS) is 9.62. The average molecular weight is 185 g/mol. The molecule has 1 atom stereocenters. The molecule has 1 nitrogen and oxygen atoms in total. The van der Waals surface area contributed by atoms with Crippen molar-refractivity contribution < 1.29 is 0 Å². The van der Waals surface area contributed by atoms with Gasteiger partial charge in [-0.05, 0) is 5.92 Å². The number of nitriles is 1. The van der Waals surface area contributed by atoms with E-state index in [0.717, 1.165) is 6.42 Å². The fourth-order valence-electron chi connectivity index (χ4n) is 0.300. The monoisotopic (exact) mass is 185 g/mol. The van der Waals surface area contributed by atoms with Crippen LogP contribution in [0.25, 0.3) is 0 Å². The van der Waals surface area contributed by atoms with Gasteiger partial charge in [0.2, 0.25) is 0 Å². The van der Waals surface area contributed by atoms with Crippen molar-refractivity contribution in [2.45, 2.75) is 67.2 Å². The third kappa shape index (κ3) is 34.3. The van der Waals surface area contributed by atoms with Gasteiger partial charge in [-0.1, -0.05) is 60.8 Å². The molecule has 1 unspecified atom stereocenters. The predicted molar refractivity (Wildman–Crippen MR) is 61.6 cm³/mol. The molecule has 0 amide bonds. The van der Waals surface area contributed by atoms with Crippen LogP contribution in [-0.4, -0.2) is 0 Å². The summed E-state index contributed by atoms with van der Waals surface area (Å²) in [6, 6.07) is 2.12. The van der Waals surface area contributed by atoms with Gasteiger partial charge in [0.05, 0.1) is 6.07 Å². The Morgan fingerprint density at radius 1 is 1.08 bits per heavy atom. The highest BCUT2D eigenvalue weighted by Gasteiger charge is 1.93. The van der Waals surface area contributed by atoms with E-state index in [0.29, 0.717) is 12.3 Å². The van der Waals surface area contributed by atoms with E-state index in [2.05, 4.69) is 33.8 Å². The molecule has 0 radical (unpaired) electrons. The first-order chi connectivity index (χ1) is 6.22. The second-order valence-corrected chi connectivity index (χ2v) is 2.88. The lowest BCUT2D eigenvalue weighted by Crippen LogP contribution is -1.86. The summed E-state index contributed by atoms with van der Waals surface area (Å²) < 4.78 is 0. The molecule has 0 aliphatic rings. The molecule has 0 aromatic heterocycles. The molecule has 0 heterocycles. The molecule has 1 heteroatoms. The van der Waals surface area contributed by atoms with Gasteiger partial charge >= 0.3 is 0 Å². The molecule has 0 aromatic carbocycles. The van der Waals surface area contributed by atoms with Gasteiger partial charge in [-0.15, -0.1) is 0 Å². The lowest BCUT2D eigenvalue weighted by molar-refractivity contribution is 0.578. The molecule has 0 aromatic rings. The number of unbranched alkanes of at least 4 members (excludes halogenated alkanes) is 1. The van der Waals surface area contributed by atoms with Crippen molar-refractivity contribution in [2.24, 2.45) is 5.92 Å². The van der Waals surface area contributed by atoms with Crippen LogP contribution >= 0.6 is 0 Å². The van der Waals surface area contributed by atoms with Gasteiger partial charge < -0.3 is 0 Å². The summed E-state index contributed by atoms with van der Waals surface area (Å²) in [6.07, 6.45) is 4.46. The SMILES string of the molecule is CC.CCC(C)CC#N.CCCC. The predicted octanol–water partition coefficient (Wildman–Crippen LogP) is 4.78. The summed E-state index contributed by atoms with van der Waals surface area (Å²) in [5.41, 5.74) is 0. The third-order valence-corrected chi connectivity index (χ3v) is 1.64. The second kappa shape index (κ2) is 22.5. The van der Waals surface area contributed by atoms with Gasteiger partial charge in [0.25, 0.3) is 0 Å². The molecule has 0 aliphatic heterocycles. The molecule has 0 N–H and O–H groups in total. The number of nitrogens with zero attached hydrogens (tertiary/aromatic N) is 1. The van der Waals surface area contributed by atoms with Gasteiger partial charge in [0.15, 0.2) is 0 Å². The quantitative estimate of drug-likeness (QED) is 0.621. The zero-order valence-electron chi connectivity index (χ0n) is 10.4. The van der Waals surface area contributed by atoms with E-state index in [4.69, 9.17) is 5.26 Å². The summed E-state index contributed by atoms with van der Waals surface area (Å²) in [4.78, 5) is 0. The minimum Gasteiger partial charge on any atom is -0.198 e. The molecule has 0 saturated carbocycles. The Morgan fingerprint density at radius 2 is 1.46 bits per heavy atom. The first-order valence-electron chi connectivity index (χ1n) is 5.59. The van der Waals surface area contributed by atoms with Crippen molar-refractivity contribution in [1.29, 1.82) is 5.26 Å². The molecule has 0 saturated heterocycles. The fraction of sp³-hybridized carbons (Fsp3) is 0.917. The molecule has 0 spiro atoms. The van der Waals surface area contributed by atoms with Gasteiger partial charge in [0, 0.05) is 6.42 Å². The van der Waals surface area contributed by atoms with Gasteiger partial charge in [-0.3, -0.25) is 0 Å². The molecular weight excluding hydrogens is 158 g/mol. The van der Waals surface area contributed by atoms with Gasteiger partial charge in [0.1, 0.15) is 0 Å². The van der Waals surface area contributed by atoms with E-state index >= 15 is 0 Å². The van der Waals surface area contributed by atoms with Crippen molar-refractivity contribution in [3.8, 4) is 6.07 Å². The van der Waals surface area contributed by atoms with E-state index in [1.807, 2.05) is 13.8 Å². The van der Waals surface area contributed by atoms with Crippen molar-refractivity contribution in [3.05, 3.63) is 0 Å². The van der Waals surface area contributed by atoms with E-state index in [1.165, 1.54) is 12.8 Å². The van der Waals surface area contributed by atoms with Crippen LogP contribution in [0.1, 0.15) is 67.2 Å². The Balaban J connectivity index is -0.000000142. The van der Waals surface area contributed by atoms with Crippen LogP contribution in [0.15, 0.2) is 0 Å². The maximum atomic E-state index is 8.12. The number of hydrogen-bond acceptors (Lipinski definition) is 1. The van der Waals surface area contributed by atoms with Crippen LogP contribution in [0.2, 0.25) is 0 Å². The maximum Gasteiger partial charge on any atom is 0.0624 e. The zero-order chi connectivity index (χ0) is 11.1. The standard InChI is InChI=1S/C6H11N.C4H10.C2H6/c1-3-6(2)4-5-7;1-3-4-2;1-2/h6H,3-4H2,1-2H3;3-4H2,1-2H3;1-2H3. The first kappa shape index (κ1) is 18.3. The molecule has 0 fully saturated rings. The van der Waals surface area contributed by atoms with Crippen LogP contribution in [0, 0.1) is 17.2 Å². The van der Waals surface area contributed by atoms with Crippen LogP contribution in [0.4, 0.5) is 0 Å². The molecule has 0 rings (SSSR count). The Hall–Kier alpha value is -0.510. The lowest BCUT2D eigenvalue weighted by Gasteiger charge is -1.96. The van der Waals surface area contributed by atoms with Gasteiger partial charge in [-0.2, -0.15) is 5.26 Å². The minimum atomic E-state index is 0.588. The van der Waals surface area contributed by atoms with E-state index in [9.17, 15) is 0 Å². The molecule has 0 aliphatic carbocycles. The zero-order valence-corrected chi connectivity index (χ0v) is 10.4. The van der Waals surface area contributed by atoms with Crippen LogP contribution in [-0.2, 0) is 0 Å². The number of rotatable bonds is 3. The van der Waals surface area contributed by atoms with Crippen LogP contribution < -0.4 is 0 Å². The molecular formula is C12H27N. The summed E-state index contributed by atoms with van der Waals surface area (Å²) in [7, 11) is 0. The number of hydrogen-bond donors (Lipinski definition) is 0. The lowest BCUT2D eigenvalue weighted by atomic mass is 10.1. The van der Waals surface area contributed by atoms with Crippen molar-refractivity contribution in [2.75, 3.05) is 0 Å². The van der Waals surface area contributed by atoms with Crippen molar-refractivity contribution in [1.82, 2.24) is 0 Å². The summed E-state index contributed by atoms with van der Waals surface area (Å²) in [6.45, 7) is 12.5. The summed E-state index contributed by atoms with van der Waals surface area (Å²) in [5, 5.41) is 8.12. The van der Waals surface area contributed by atoms with Gasteiger partial charge in [-0.25, -0.2) is 0 Å². The third-order valence-electron chi connectivity index (χ3n) is 1.64. The van der Waals surface area contributed by atoms with Crippen molar-refractivity contribution in [3.63, 3.8) is 0 Å². The average Bonchev–Trinajstić information content (AvgIpc) is 2.21. The second-order valence-electron chi connectivity index (χ2n) is 2.88. The van der Waals surface area contributed by atoms with Crippen molar-refractivity contribution >= 4 is 0 Å². The van der Waals surface area contributed by atoms with E-state index < -0.39 is 0 Å². The summed E-state index contributed by atoms with van der Waals surface area (Å²) in [5.74, 6) is 0.588. The first-order valence-corrected chi connectivity index (χ1v) is 5.59. The largest absolute Gasteiger partial charge is 0.198 e. The van der Waals surface area contributed by atoms with E-state index in [-0.39, 0.29) is 0 Å². The Labute approximate surface area is 85.2 Å². The topological polar surface area (TPSA) is 23.8 Å². The highest BCUT2D eigenvalue weighted by molar-refractivity contribution is 4.71. The smallest absolute Gasteiger partial charge is 0.0624 e. The Bertz CT molecular complexity index is 89.8. The highest BCUT2D eigenvalue weighted by atomic mass is 14.2. The fourth-order valence-corrected chi connectivity index (χ4v) is 0.300. The minimum absolute atomic E-state index is 0.588.